The summed E-state index contributed by atoms with van der Waals surface area (Å²) in [6.45, 7) is 0.226. The lowest BCUT2D eigenvalue weighted by Gasteiger charge is -2.26. The normalized spacial score (nSPS) is 11.7. The van der Waals surface area contributed by atoms with Gasteiger partial charge in [-0.2, -0.15) is 0 Å². The third-order valence-electron chi connectivity index (χ3n) is 6.00. The van der Waals surface area contributed by atoms with E-state index in [4.69, 9.17) is 9.47 Å². The second-order valence-electron chi connectivity index (χ2n) is 9.08. The molecule has 8 nitrogen and oxygen atoms in total. The monoisotopic (exact) mass is 572 g/mol. The quantitative estimate of drug-likeness (QED) is 0.276. The Bertz CT molecular complexity index is 1250. The van der Waals surface area contributed by atoms with Gasteiger partial charge in [-0.25, -0.2) is 4.79 Å². The van der Waals surface area contributed by atoms with E-state index in [0.717, 1.165) is 16.0 Å². The van der Waals surface area contributed by atoms with E-state index in [1.54, 1.807) is 24.3 Å². The third kappa shape index (κ3) is 11.2. The summed E-state index contributed by atoms with van der Waals surface area (Å²) in [5.41, 5.74) is 2.25. The van der Waals surface area contributed by atoms with E-state index in [2.05, 4.69) is 10.1 Å². The van der Waals surface area contributed by atoms with Gasteiger partial charge in [0.05, 0.1) is 0 Å². The number of carbonyl (C=O) groups is 3. The zero-order valence-electron chi connectivity index (χ0n) is 22.4. The van der Waals surface area contributed by atoms with Crippen molar-refractivity contribution in [2.75, 3.05) is 13.6 Å². The average molecular weight is 573 g/mol. The van der Waals surface area contributed by atoms with Crippen molar-refractivity contribution < 1.29 is 41.8 Å². The van der Waals surface area contributed by atoms with E-state index < -0.39 is 30.4 Å². The predicted octanol–water partition coefficient (Wildman–Crippen LogP) is 5.40. The predicted molar refractivity (Wildman–Crippen MR) is 143 cm³/mol. The minimum absolute atomic E-state index is 0.00547. The van der Waals surface area contributed by atoms with Crippen LogP contribution in [0.1, 0.15) is 29.5 Å². The SMILES string of the molecule is CN(C(=O)OCc1ccccc1)[C@@H](CCC(=O)OCc1ccccc1)C(=O)NCCc1ccc(OC(F)(F)F)cc1. The van der Waals surface area contributed by atoms with Crippen LogP contribution < -0.4 is 10.1 Å². The van der Waals surface area contributed by atoms with Gasteiger partial charge in [0.15, 0.2) is 0 Å². The van der Waals surface area contributed by atoms with E-state index in [9.17, 15) is 27.6 Å². The van der Waals surface area contributed by atoms with Crippen LogP contribution >= 0.6 is 0 Å². The molecule has 218 valence electrons. The number of hydrogen-bond donors (Lipinski definition) is 1. The highest BCUT2D eigenvalue weighted by atomic mass is 19.4. The summed E-state index contributed by atoms with van der Waals surface area (Å²) in [5, 5.41) is 2.72. The van der Waals surface area contributed by atoms with Crippen molar-refractivity contribution in [1.82, 2.24) is 10.2 Å². The molecule has 1 N–H and O–H groups in total. The maximum absolute atomic E-state index is 13.1. The highest BCUT2D eigenvalue weighted by Crippen LogP contribution is 2.22. The van der Waals surface area contributed by atoms with Gasteiger partial charge in [0.1, 0.15) is 25.0 Å². The average Bonchev–Trinajstić information content (AvgIpc) is 2.96. The fourth-order valence-corrected chi connectivity index (χ4v) is 3.82. The summed E-state index contributed by atoms with van der Waals surface area (Å²) in [5.74, 6) is -1.39. The van der Waals surface area contributed by atoms with E-state index >= 15 is 0 Å². The standard InChI is InChI=1S/C30H31F3N2O6/c1-35(29(38)40-21-24-10-6-3-7-11-24)26(16-17-27(36)39-20-23-8-4-2-5-9-23)28(37)34-19-18-22-12-14-25(15-13-22)41-30(31,32)33/h2-15,26H,16-21H2,1H3,(H,34,37)/t26-/m0/s1. The van der Waals surface area contributed by atoms with Crippen molar-refractivity contribution in [3.8, 4) is 5.75 Å². The zero-order chi connectivity index (χ0) is 29.7. The summed E-state index contributed by atoms with van der Waals surface area (Å²) in [4.78, 5) is 39.4. The smallest absolute Gasteiger partial charge is 0.461 e. The van der Waals surface area contributed by atoms with Crippen LogP contribution in [-0.4, -0.2) is 48.9 Å². The summed E-state index contributed by atoms with van der Waals surface area (Å²) in [6, 6.07) is 22.4. The van der Waals surface area contributed by atoms with Gasteiger partial charge in [-0.3, -0.25) is 14.5 Å². The molecule has 0 fully saturated rings. The maximum atomic E-state index is 13.1. The van der Waals surface area contributed by atoms with E-state index in [1.165, 1.54) is 31.3 Å². The van der Waals surface area contributed by atoms with Crippen LogP contribution in [0.4, 0.5) is 18.0 Å². The zero-order valence-corrected chi connectivity index (χ0v) is 22.4. The molecule has 0 saturated carbocycles. The van der Waals surface area contributed by atoms with Crippen molar-refractivity contribution in [2.24, 2.45) is 0 Å². The first-order valence-corrected chi connectivity index (χ1v) is 12.9. The van der Waals surface area contributed by atoms with Crippen LogP contribution in [0.25, 0.3) is 0 Å². The molecule has 11 heteroatoms. The molecule has 3 aromatic rings. The molecule has 0 aliphatic rings. The lowest BCUT2D eigenvalue weighted by molar-refractivity contribution is -0.274. The van der Waals surface area contributed by atoms with Crippen LogP contribution in [0.15, 0.2) is 84.9 Å². The number of likely N-dealkylation sites (N-methyl/N-ethyl adjacent to an activating group) is 1. The van der Waals surface area contributed by atoms with Crippen molar-refractivity contribution >= 4 is 18.0 Å². The van der Waals surface area contributed by atoms with Crippen LogP contribution in [0.3, 0.4) is 0 Å². The minimum atomic E-state index is -4.78. The number of alkyl halides is 3. The second kappa shape index (κ2) is 15.3. The molecule has 2 amide bonds. The Hall–Kier alpha value is -4.54. The maximum Gasteiger partial charge on any atom is 0.573 e. The van der Waals surface area contributed by atoms with Gasteiger partial charge in [0.25, 0.3) is 0 Å². The summed E-state index contributed by atoms with van der Waals surface area (Å²) < 4.78 is 51.6. The summed E-state index contributed by atoms with van der Waals surface area (Å²) in [6.07, 6.45) is -5.35. The molecule has 0 heterocycles. The molecule has 0 aliphatic heterocycles. The molecular weight excluding hydrogens is 541 g/mol. The first-order chi connectivity index (χ1) is 19.6. The van der Waals surface area contributed by atoms with E-state index in [1.807, 2.05) is 36.4 Å². The Morgan fingerprint density at radius 1 is 0.805 bits per heavy atom. The molecule has 0 saturated heterocycles. The molecule has 0 spiro atoms. The second-order valence-corrected chi connectivity index (χ2v) is 9.08. The highest BCUT2D eigenvalue weighted by molar-refractivity contribution is 5.86. The molecule has 0 radical (unpaired) electrons. The van der Waals surface area contributed by atoms with Gasteiger partial charge in [-0.05, 0) is 41.7 Å². The van der Waals surface area contributed by atoms with Crippen molar-refractivity contribution in [3.05, 3.63) is 102 Å². The number of ether oxygens (including phenoxy) is 3. The van der Waals surface area contributed by atoms with Crippen molar-refractivity contribution in [2.45, 2.75) is 44.9 Å². The molecule has 0 bridgehead atoms. The Kier molecular flexibility index (Phi) is 11.6. The van der Waals surface area contributed by atoms with Gasteiger partial charge in [0, 0.05) is 20.0 Å². The minimum Gasteiger partial charge on any atom is -0.461 e. The van der Waals surface area contributed by atoms with Crippen LogP contribution in [0.5, 0.6) is 5.75 Å². The highest BCUT2D eigenvalue weighted by Gasteiger charge is 2.31. The Labute approximate surface area is 236 Å². The summed E-state index contributed by atoms with van der Waals surface area (Å²) >= 11 is 0. The molecule has 41 heavy (non-hydrogen) atoms. The molecular formula is C30H31F3N2O6. The number of nitrogens with zero attached hydrogens (tertiary/aromatic N) is 1. The molecule has 0 aromatic heterocycles. The topological polar surface area (TPSA) is 94.2 Å². The number of hydrogen-bond acceptors (Lipinski definition) is 6. The van der Waals surface area contributed by atoms with Crippen molar-refractivity contribution in [3.63, 3.8) is 0 Å². The number of esters is 1. The molecule has 3 aromatic carbocycles. The van der Waals surface area contributed by atoms with Crippen LogP contribution in [-0.2, 0) is 38.7 Å². The van der Waals surface area contributed by atoms with Gasteiger partial charge in [0.2, 0.25) is 5.91 Å². The first-order valence-electron chi connectivity index (χ1n) is 12.9. The number of carbonyl (C=O) groups excluding carboxylic acids is 3. The molecule has 1 atom stereocenters. The van der Waals surface area contributed by atoms with Crippen molar-refractivity contribution in [1.29, 1.82) is 0 Å². The fraction of sp³-hybridized carbons (Fsp3) is 0.300. The summed E-state index contributed by atoms with van der Waals surface area (Å²) in [7, 11) is 1.41. The Balaban J connectivity index is 1.56. The fourth-order valence-electron chi connectivity index (χ4n) is 3.82. The Morgan fingerprint density at radius 3 is 1.93 bits per heavy atom. The number of halogens is 3. The molecule has 0 unspecified atom stereocenters. The number of amides is 2. The van der Waals surface area contributed by atoms with E-state index in [-0.39, 0.29) is 38.3 Å². The largest absolute Gasteiger partial charge is 0.573 e. The number of rotatable bonds is 13. The van der Waals surface area contributed by atoms with Crippen LogP contribution in [0, 0.1) is 0 Å². The lowest BCUT2D eigenvalue weighted by atomic mass is 10.1. The van der Waals surface area contributed by atoms with E-state index in [0.29, 0.717) is 12.0 Å². The van der Waals surface area contributed by atoms with Gasteiger partial charge in [-0.15, -0.1) is 13.2 Å². The molecule has 3 rings (SSSR count). The Morgan fingerprint density at radius 2 is 1.37 bits per heavy atom. The van der Waals surface area contributed by atoms with Gasteiger partial charge in [-0.1, -0.05) is 72.8 Å². The van der Waals surface area contributed by atoms with Gasteiger partial charge >= 0.3 is 18.4 Å². The first kappa shape index (κ1) is 31.0. The van der Waals surface area contributed by atoms with Gasteiger partial charge < -0.3 is 19.5 Å². The number of nitrogens with one attached hydrogen (secondary N) is 1. The third-order valence-corrected chi connectivity index (χ3v) is 6.00. The molecule has 0 aliphatic carbocycles. The lowest BCUT2D eigenvalue weighted by Crippen LogP contribution is -2.48. The number of benzene rings is 3. The van der Waals surface area contributed by atoms with Crippen LogP contribution in [0.2, 0.25) is 0 Å².